The number of hydrogen-bond donors (Lipinski definition) is 2. The van der Waals surface area contributed by atoms with Crippen molar-refractivity contribution in [1.82, 2.24) is 9.97 Å². The number of hydrogen-bond acceptors (Lipinski definition) is 6. The van der Waals surface area contributed by atoms with Crippen LogP contribution in [0, 0.1) is 5.82 Å². The molecule has 0 fully saturated rings. The van der Waals surface area contributed by atoms with E-state index in [1.807, 2.05) is 17.5 Å². The van der Waals surface area contributed by atoms with Crippen LogP contribution in [-0.2, 0) is 16.0 Å². The lowest BCUT2D eigenvalue weighted by molar-refractivity contribution is -0.116. The number of thiazole rings is 2. The van der Waals surface area contributed by atoms with Gasteiger partial charge in [0.25, 0.3) is 0 Å². The van der Waals surface area contributed by atoms with E-state index >= 15 is 0 Å². The van der Waals surface area contributed by atoms with Gasteiger partial charge < -0.3 is 10.6 Å². The minimum Gasteiger partial charge on any atom is -0.326 e. The fourth-order valence-corrected chi connectivity index (χ4v) is 4.41. The van der Waals surface area contributed by atoms with Gasteiger partial charge >= 0.3 is 0 Å². The van der Waals surface area contributed by atoms with Crippen molar-refractivity contribution in [1.29, 1.82) is 0 Å². The molecule has 0 atom stereocenters. The second kappa shape index (κ2) is 9.15. The second-order valence-electron chi connectivity index (χ2n) is 6.68. The number of aromatic nitrogens is 2. The lowest BCUT2D eigenvalue weighted by atomic mass is 10.1. The van der Waals surface area contributed by atoms with Crippen LogP contribution in [0.4, 0.5) is 15.2 Å². The summed E-state index contributed by atoms with van der Waals surface area (Å²) in [6, 6.07) is 13.5. The predicted octanol–water partition coefficient (Wildman–Crippen LogP) is 5.21. The summed E-state index contributed by atoms with van der Waals surface area (Å²) in [6.45, 7) is 1.46. The molecule has 0 aliphatic carbocycles. The van der Waals surface area contributed by atoms with E-state index in [2.05, 4.69) is 20.6 Å². The summed E-state index contributed by atoms with van der Waals surface area (Å²) in [6.07, 6.45) is 0.103. The lowest BCUT2D eigenvalue weighted by Gasteiger charge is -2.03. The maximum atomic E-state index is 13.4. The largest absolute Gasteiger partial charge is 0.326 e. The first-order valence-corrected chi connectivity index (χ1v) is 11.1. The van der Waals surface area contributed by atoms with E-state index < -0.39 is 0 Å². The van der Waals surface area contributed by atoms with Crippen molar-refractivity contribution in [2.24, 2.45) is 0 Å². The highest BCUT2D eigenvalue weighted by molar-refractivity contribution is 7.14. The molecule has 0 aliphatic rings. The Morgan fingerprint density at radius 1 is 0.968 bits per heavy atom. The predicted molar refractivity (Wildman–Crippen MR) is 122 cm³/mol. The zero-order valence-corrected chi connectivity index (χ0v) is 18.0. The first-order chi connectivity index (χ1) is 15.0. The molecular weight excluding hydrogens is 435 g/mol. The SMILES string of the molecule is CC(=O)Nc1ccc(-c2csc(NC(=O)Cc3csc(-c4cccc(F)c4)n3)n2)cc1. The standard InChI is InChI=1S/C22H17FN4O2S2/c1-13(28)24-17-7-5-14(6-8-17)19-12-31-22(26-19)27-20(29)10-18-11-30-21(25-18)15-3-2-4-16(23)9-15/h2-9,11-12H,10H2,1H3,(H,24,28)(H,26,27,29). The summed E-state index contributed by atoms with van der Waals surface area (Å²) < 4.78 is 13.4. The Hall–Kier alpha value is -3.43. The second-order valence-corrected chi connectivity index (χ2v) is 8.39. The first-order valence-electron chi connectivity index (χ1n) is 9.30. The molecule has 4 aromatic rings. The Labute approximate surface area is 185 Å². The Bertz CT molecular complexity index is 1230. The summed E-state index contributed by atoms with van der Waals surface area (Å²) in [7, 11) is 0. The van der Waals surface area contributed by atoms with Crippen molar-refractivity contribution in [3.63, 3.8) is 0 Å². The third kappa shape index (κ3) is 5.39. The van der Waals surface area contributed by atoms with Gasteiger partial charge in [-0.15, -0.1) is 22.7 Å². The maximum Gasteiger partial charge on any atom is 0.232 e. The van der Waals surface area contributed by atoms with Crippen molar-refractivity contribution in [2.45, 2.75) is 13.3 Å². The van der Waals surface area contributed by atoms with Crippen LogP contribution >= 0.6 is 22.7 Å². The Morgan fingerprint density at radius 2 is 1.77 bits per heavy atom. The molecule has 9 heteroatoms. The van der Waals surface area contributed by atoms with Gasteiger partial charge in [-0.1, -0.05) is 24.3 Å². The molecule has 0 radical (unpaired) electrons. The summed E-state index contributed by atoms with van der Waals surface area (Å²) >= 11 is 2.70. The van der Waals surface area contributed by atoms with Gasteiger partial charge in [-0.05, 0) is 24.3 Å². The summed E-state index contributed by atoms with van der Waals surface area (Å²) in [5.41, 5.74) is 3.63. The Morgan fingerprint density at radius 3 is 2.52 bits per heavy atom. The summed E-state index contributed by atoms with van der Waals surface area (Å²) in [4.78, 5) is 32.4. The van der Waals surface area contributed by atoms with E-state index in [0.717, 1.165) is 11.3 Å². The molecule has 31 heavy (non-hydrogen) atoms. The minimum absolute atomic E-state index is 0.103. The average Bonchev–Trinajstić information content (AvgIpc) is 3.38. The lowest BCUT2D eigenvalue weighted by Crippen LogP contribution is -2.14. The number of halogens is 1. The monoisotopic (exact) mass is 452 g/mol. The normalized spacial score (nSPS) is 10.6. The third-order valence-electron chi connectivity index (χ3n) is 4.22. The number of anilines is 2. The van der Waals surface area contributed by atoms with E-state index in [4.69, 9.17) is 0 Å². The molecule has 156 valence electrons. The highest BCUT2D eigenvalue weighted by atomic mass is 32.1. The van der Waals surface area contributed by atoms with Gasteiger partial charge in [-0.3, -0.25) is 9.59 Å². The Balaban J connectivity index is 1.38. The number of rotatable bonds is 6. The summed E-state index contributed by atoms with van der Waals surface area (Å²) in [5.74, 6) is -0.677. The van der Waals surface area contributed by atoms with Crippen molar-refractivity contribution < 1.29 is 14.0 Å². The van der Waals surface area contributed by atoms with Gasteiger partial charge in [0.1, 0.15) is 10.8 Å². The molecule has 2 heterocycles. The van der Waals surface area contributed by atoms with Crippen molar-refractivity contribution in [2.75, 3.05) is 10.6 Å². The van der Waals surface area contributed by atoms with Gasteiger partial charge in [0, 0.05) is 34.5 Å². The number of carbonyl (C=O) groups is 2. The summed E-state index contributed by atoms with van der Waals surface area (Å²) in [5, 5.41) is 10.3. The smallest absolute Gasteiger partial charge is 0.232 e. The molecular formula is C22H17FN4O2S2. The molecule has 0 saturated heterocycles. The van der Waals surface area contributed by atoms with Crippen molar-refractivity contribution in [3.05, 3.63) is 70.8 Å². The van der Waals surface area contributed by atoms with Gasteiger partial charge in [-0.25, -0.2) is 14.4 Å². The maximum absolute atomic E-state index is 13.4. The van der Waals surface area contributed by atoms with E-state index in [-0.39, 0.29) is 24.1 Å². The van der Waals surface area contributed by atoms with E-state index in [1.54, 1.807) is 29.6 Å². The fraction of sp³-hybridized carbons (Fsp3) is 0.0909. The van der Waals surface area contributed by atoms with Crippen molar-refractivity contribution >= 4 is 45.3 Å². The molecule has 2 amide bonds. The molecule has 0 saturated carbocycles. The number of benzene rings is 2. The fourth-order valence-electron chi connectivity index (χ4n) is 2.86. The third-order valence-corrected chi connectivity index (χ3v) is 5.91. The average molecular weight is 453 g/mol. The molecule has 0 aliphatic heterocycles. The molecule has 0 spiro atoms. The zero-order chi connectivity index (χ0) is 21.8. The minimum atomic E-state index is -0.323. The van der Waals surface area contributed by atoms with Crippen LogP contribution in [0.25, 0.3) is 21.8 Å². The Kier molecular flexibility index (Phi) is 6.15. The molecule has 0 bridgehead atoms. The first kappa shape index (κ1) is 20.8. The van der Waals surface area contributed by atoms with Gasteiger partial charge in [0.15, 0.2) is 5.13 Å². The van der Waals surface area contributed by atoms with Crippen LogP contribution in [0.1, 0.15) is 12.6 Å². The van der Waals surface area contributed by atoms with Gasteiger partial charge in [-0.2, -0.15) is 0 Å². The molecule has 2 aromatic heterocycles. The van der Waals surface area contributed by atoms with E-state index in [0.29, 0.717) is 27.1 Å². The number of nitrogens with one attached hydrogen (secondary N) is 2. The van der Waals surface area contributed by atoms with Crippen LogP contribution < -0.4 is 10.6 Å². The highest BCUT2D eigenvalue weighted by Gasteiger charge is 2.12. The quantitative estimate of drug-likeness (QED) is 0.421. The van der Waals surface area contributed by atoms with Gasteiger partial charge in [0.05, 0.1) is 17.8 Å². The van der Waals surface area contributed by atoms with Crippen LogP contribution in [0.5, 0.6) is 0 Å². The molecule has 0 unspecified atom stereocenters. The van der Waals surface area contributed by atoms with Crippen LogP contribution in [0.2, 0.25) is 0 Å². The van der Waals surface area contributed by atoms with Crippen LogP contribution in [0.3, 0.4) is 0 Å². The molecule has 2 N–H and O–H groups in total. The van der Waals surface area contributed by atoms with Gasteiger partial charge in [0.2, 0.25) is 11.8 Å². The number of amides is 2. The van der Waals surface area contributed by atoms with Crippen LogP contribution in [0.15, 0.2) is 59.3 Å². The van der Waals surface area contributed by atoms with Crippen molar-refractivity contribution in [3.8, 4) is 21.8 Å². The van der Waals surface area contributed by atoms with E-state index in [9.17, 15) is 14.0 Å². The highest BCUT2D eigenvalue weighted by Crippen LogP contribution is 2.27. The molecule has 4 rings (SSSR count). The van der Waals surface area contributed by atoms with E-state index in [1.165, 1.54) is 41.7 Å². The van der Waals surface area contributed by atoms with Crippen LogP contribution in [-0.4, -0.2) is 21.8 Å². The topological polar surface area (TPSA) is 84.0 Å². The molecule has 6 nitrogen and oxygen atoms in total. The zero-order valence-electron chi connectivity index (χ0n) is 16.4. The number of carbonyl (C=O) groups excluding carboxylic acids is 2. The molecule has 2 aromatic carbocycles. The number of nitrogens with zero attached hydrogens (tertiary/aromatic N) is 2.